The van der Waals surface area contributed by atoms with Gasteiger partial charge in [0.15, 0.2) is 0 Å². The first-order valence-electron chi connectivity index (χ1n) is 8.06. The summed E-state index contributed by atoms with van der Waals surface area (Å²) < 4.78 is 5.69. The minimum absolute atomic E-state index is 0.267. The van der Waals surface area contributed by atoms with Crippen molar-refractivity contribution < 1.29 is 4.74 Å². The Kier molecular flexibility index (Phi) is 5.22. The molecule has 0 amide bonds. The summed E-state index contributed by atoms with van der Waals surface area (Å²) in [6.07, 6.45) is 11.7. The maximum atomic E-state index is 5.69. The van der Waals surface area contributed by atoms with E-state index in [2.05, 4.69) is 27.7 Å². The zero-order valence-corrected chi connectivity index (χ0v) is 12.9. The summed E-state index contributed by atoms with van der Waals surface area (Å²) >= 11 is 0. The smallest absolute Gasteiger partial charge is 0.0822 e. The molecule has 1 radical (unpaired) electrons. The Hall–Kier alpha value is -0.970. The largest absolute Gasteiger partial charge is 0.379 e. The van der Waals surface area contributed by atoms with Crippen LogP contribution in [0.2, 0.25) is 0 Å². The molecule has 2 aliphatic heterocycles. The van der Waals surface area contributed by atoms with E-state index in [1.165, 1.54) is 31.2 Å². The highest BCUT2D eigenvalue weighted by atomic mass is 16.5. The van der Waals surface area contributed by atoms with Gasteiger partial charge < -0.3 is 10.1 Å². The fraction of sp³-hybridized carbons (Fsp3) is 0.647. The number of pyridine rings is 1. The van der Waals surface area contributed by atoms with Crippen molar-refractivity contribution in [2.24, 2.45) is 0 Å². The Morgan fingerprint density at radius 3 is 2.86 bits per heavy atom. The number of rotatable bonds is 7. The van der Waals surface area contributed by atoms with Crippen molar-refractivity contribution in [3.8, 4) is 0 Å². The predicted molar refractivity (Wildman–Crippen MR) is 83.8 cm³/mol. The van der Waals surface area contributed by atoms with E-state index in [-0.39, 0.29) is 6.10 Å². The van der Waals surface area contributed by atoms with Crippen LogP contribution >= 0.6 is 0 Å². The lowest BCUT2D eigenvalue weighted by atomic mass is 10.0. The SMILES string of the molecule is COC(CNCc1cccnc1)CN1C2C[CH]CC1CC2. The normalized spacial score (nSPS) is 26.9. The molecule has 1 aromatic heterocycles. The van der Waals surface area contributed by atoms with Crippen LogP contribution in [0.15, 0.2) is 24.5 Å². The third kappa shape index (κ3) is 3.82. The fourth-order valence-electron chi connectivity index (χ4n) is 3.64. The number of fused-ring (bicyclic) bond motifs is 2. The molecule has 2 bridgehead atoms. The summed E-state index contributed by atoms with van der Waals surface area (Å²) in [5.74, 6) is 0. The molecule has 3 atom stereocenters. The Morgan fingerprint density at radius 2 is 2.19 bits per heavy atom. The van der Waals surface area contributed by atoms with Gasteiger partial charge in [0.1, 0.15) is 0 Å². The van der Waals surface area contributed by atoms with Gasteiger partial charge in [-0.1, -0.05) is 6.07 Å². The van der Waals surface area contributed by atoms with Crippen molar-refractivity contribution in [2.75, 3.05) is 20.2 Å². The molecule has 2 fully saturated rings. The van der Waals surface area contributed by atoms with E-state index in [9.17, 15) is 0 Å². The number of methoxy groups -OCH3 is 1. The standard InChI is InChI=1S/C17H26N3O/c1-21-17(12-19-11-14-4-3-9-18-10-14)13-20-15-5-2-6-16(20)8-7-15/h2-4,9-10,15-17,19H,5-8,11-13H2,1H3. The van der Waals surface area contributed by atoms with Crippen molar-refractivity contribution in [2.45, 2.75) is 50.4 Å². The lowest BCUT2D eigenvalue weighted by Gasteiger charge is -2.36. The molecule has 4 nitrogen and oxygen atoms in total. The summed E-state index contributed by atoms with van der Waals surface area (Å²) in [7, 11) is 1.83. The fourth-order valence-corrected chi connectivity index (χ4v) is 3.64. The summed E-state index contributed by atoms with van der Waals surface area (Å²) in [5, 5.41) is 3.49. The average Bonchev–Trinajstić information content (AvgIpc) is 2.75. The number of aromatic nitrogens is 1. The third-order valence-corrected chi connectivity index (χ3v) is 4.82. The molecule has 1 aromatic rings. The van der Waals surface area contributed by atoms with Gasteiger partial charge in [-0.25, -0.2) is 0 Å². The number of nitrogens with zero attached hydrogens (tertiary/aromatic N) is 2. The summed E-state index contributed by atoms with van der Waals surface area (Å²) in [5.41, 5.74) is 1.22. The highest BCUT2D eigenvalue weighted by molar-refractivity contribution is 5.07. The monoisotopic (exact) mass is 288 g/mol. The molecule has 0 aliphatic carbocycles. The van der Waals surface area contributed by atoms with Crippen molar-refractivity contribution in [1.82, 2.24) is 15.2 Å². The minimum atomic E-state index is 0.267. The van der Waals surface area contributed by atoms with Crippen LogP contribution in [0.4, 0.5) is 0 Å². The zero-order valence-electron chi connectivity index (χ0n) is 12.9. The molecule has 115 valence electrons. The molecule has 21 heavy (non-hydrogen) atoms. The van der Waals surface area contributed by atoms with Crippen LogP contribution in [0.25, 0.3) is 0 Å². The van der Waals surface area contributed by atoms with E-state index < -0.39 is 0 Å². The molecular weight excluding hydrogens is 262 g/mol. The van der Waals surface area contributed by atoms with E-state index in [4.69, 9.17) is 4.74 Å². The van der Waals surface area contributed by atoms with Crippen LogP contribution in [0.5, 0.6) is 0 Å². The summed E-state index contributed by atoms with van der Waals surface area (Å²) in [6.45, 7) is 2.80. The van der Waals surface area contributed by atoms with Gasteiger partial charge in [0.05, 0.1) is 6.10 Å². The highest BCUT2D eigenvalue weighted by Crippen LogP contribution is 2.34. The molecule has 1 N–H and O–H groups in total. The van der Waals surface area contributed by atoms with Crippen molar-refractivity contribution >= 4 is 0 Å². The van der Waals surface area contributed by atoms with Gasteiger partial charge in [0.2, 0.25) is 0 Å². The minimum Gasteiger partial charge on any atom is -0.379 e. The molecular formula is C17H26N3O. The molecule has 2 aliphatic rings. The van der Waals surface area contributed by atoms with Crippen LogP contribution in [0.1, 0.15) is 31.2 Å². The van der Waals surface area contributed by atoms with Crippen LogP contribution in [0.3, 0.4) is 0 Å². The van der Waals surface area contributed by atoms with E-state index in [1.54, 1.807) is 0 Å². The van der Waals surface area contributed by atoms with Gasteiger partial charge in [-0.2, -0.15) is 0 Å². The number of hydrogen-bond donors (Lipinski definition) is 1. The lowest BCUT2D eigenvalue weighted by molar-refractivity contribution is 0.0389. The number of ether oxygens (including phenoxy) is 1. The van der Waals surface area contributed by atoms with Gasteiger partial charge >= 0.3 is 0 Å². The summed E-state index contributed by atoms with van der Waals surface area (Å²) in [4.78, 5) is 6.82. The molecule has 2 saturated heterocycles. The second-order valence-corrected chi connectivity index (χ2v) is 6.19. The second-order valence-electron chi connectivity index (χ2n) is 6.19. The molecule has 0 spiro atoms. The van der Waals surface area contributed by atoms with E-state index in [0.29, 0.717) is 0 Å². The first-order chi connectivity index (χ1) is 10.4. The predicted octanol–water partition coefficient (Wildman–Crippen LogP) is 2.02. The molecule has 0 saturated carbocycles. The van der Waals surface area contributed by atoms with Crippen LogP contribution in [-0.2, 0) is 11.3 Å². The average molecular weight is 288 g/mol. The van der Waals surface area contributed by atoms with Gasteiger partial charge in [-0.3, -0.25) is 9.88 Å². The topological polar surface area (TPSA) is 37.4 Å². The molecule has 0 aromatic carbocycles. The maximum Gasteiger partial charge on any atom is 0.0822 e. The first-order valence-corrected chi connectivity index (χ1v) is 8.06. The van der Waals surface area contributed by atoms with Gasteiger partial charge in [-0.05, 0) is 43.7 Å². The van der Waals surface area contributed by atoms with Crippen molar-refractivity contribution in [3.05, 3.63) is 36.5 Å². The van der Waals surface area contributed by atoms with Crippen molar-refractivity contribution in [1.29, 1.82) is 0 Å². The molecule has 3 unspecified atom stereocenters. The van der Waals surface area contributed by atoms with E-state index in [0.717, 1.165) is 31.7 Å². The second kappa shape index (κ2) is 7.34. The van der Waals surface area contributed by atoms with Crippen LogP contribution in [-0.4, -0.2) is 48.3 Å². The van der Waals surface area contributed by atoms with Gasteiger partial charge in [-0.15, -0.1) is 0 Å². The maximum absolute atomic E-state index is 5.69. The quantitative estimate of drug-likeness (QED) is 0.833. The van der Waals surface area contributed by atoms with E-state index in [1.807, 2.05) is 25.6 Å². The highest BCUT2D eigenvalue weighted by Gasteiger charge is 2.37. The van der Waals surface area contributed by atoms with Gasteiger partial charge in [0.25, 0.3) is 0 Å². The zero-order chi connectivity index (χ0) is 14.5. The Balaban J connectivity index is 1.45. The Labute approximate surface area is 127 Å². The molecule has 3 rings (SSSR count). The van der Waals surface area contributed by atoms with Crippen molar-refractivity contribution in [3.63, 3.8) is 0 Å². The number of piperidine rings is 1. The van der Waals surface area contributed by atoms with E-state index >= 15 is 0 Å². The lowest BCUT2D eigenvalue weighted by Crippen LogP contribution is -2.47. The Morgan fingerprint density at radius 1 is 1.38 bits per heavy atom. The van der Waals surface area contributed by atoms with Crippen LogP contribution < -0.4 is 5.32 Å². The number of hydrogen-bond acceptors (Lipinski definition) is 4. The van der Waals surface area contributed by atoms with Gasteiger partial charge in [0, 0.05) is 51.2 Å². The first kappa shape index (κ1) is 14.9. The number of nitrogens with one attached hydrogen (secondary N) is 1. The Bertz CT molecular complexity index is 409. The molecule has 4 heteroatoms. The van der Waals surface area contributed by atoms with Crippen LogP contribution in [0, 0.1) is 6.42 Å². The summed E-state index contributed by atoms with van der Waals surface area (Å²) in [6, 6.07) is 5.61. The molecule has 3 heterocycles. The third-order valence-electron chi connectivity index (χ3n) is 4.82.